The molecule has 0 fully saturated rings. The van der Waals surface area contributed by atoms with Crippen LogP contribution in [0.3, 0.4) is 0 Å². The van der Waals surface area contributed by atoms with Crippen molar-refractivity contribution in [3.8, 4) is 5.75 Å². The van der Waals surface area contributed by atoms with Crippen LogP contribution in [0.1, 0.15) is 10.4 Å². The van der Waals surface area contributed by atoms with Gasteiger partial charge >= 0.3 is 0 Å². The van der Waals surface area contributed by atoms with E-state index in [-0.39, 0.29) is 22.7 Å². The molecule has 0 bridgehead atoms. The van der Waals surface area contributed by atoms with Crippen LogP contribution >= 0.6 is 11.6 Å². The first kappa shape index (κ1) is 15.1. The normalized spacial score (nSPS) is 10.3. The molecule has 0 aromatic heterocycles. The molecule has 2 rings (SSSR count). The van der Waals surface area contributed by atoms with E-state index in [1.807, 2.05) is 0 Å². The topological polar surface area (TPSA) is 64.3 Å². The van der Waals surface area contributed by atoms with Crippen LogP contribution in [-0.2, 0) is 0 Å². The summed E-state index contributed by atoms with van der Waals surface area (Å²) in [7, 11) is 1.39. The second-order valence-corrected chi connectivity index (χ2v) is 4.59. The molecule has 0 unspecified atom stereocenters. The molecular formula is C14H11ClF2N2O2. The minimum Gasteiger partial charge on any atom is -0.496 e. The lowest BCUT2D eigenvalue weighted by molar-refractivity contribution is 0.102. The predicted molar refractivity (Wildman–Crippen MR) is 76.7 cm³/mol. The second-order valence-electron chi connectivity index (χ2n) is 4.15. The number of methoxy groups -OCH3 is 1. The van der Waals surface area contributed by atoms with E-state index in [4.69, 9.17) is 22.1 Å². The molecule has 0 saturated heterocycles. The average Bonchev–Trinajstić information content (AvgIpc) is 2.44. The Kier molecular flexibility index (Phi) is 4.28. The Morgan fingerprint density at radius 2 is 1.95 bits per heavy atom. The molecule has 7 heteroatoms. The van der Waals surface area contributed by atoms with E-state index in [1.165, 1.54) is 19.2 Å². The molecule has 0 aliphatic heterocycles. The van der Waals surface area contributed by atoms with Gasteiger partial charge in [0.1, 0.15) is 17.4 Å². The second kappa shape index (κ2) is 5.97. The Balaban J connectivity index is 2.34. The van der Waals surface area contributed by atoms with E-state index >= 15 is 0 Å². The first-order valence-corrected chi connectivity index (χ1v) is 6.19. The molecule has 4 nitrogen and oxygen atoms in total. The summed E-state index contributed by atoms with van der Waals surface area (Å²) in [5, 5.41) is 2.62. The smallest absolute Gasteiger partial charge is 0.259 e. The van der Waals surface area contributed by atoms with E-state index in [0.717, 1.165) is 6.07 Å². The van der Waals surface area contributed by atoms with Crippen LogP contribution in [0.2, 0.25) is 5.02 Å². The van der Waals surface area contributed by atoms with Gasteiger partial charge in [-0.25, -0.2) is 8.78 Å². The number of halogens is 3. The predicted octanol–water partition coefficient (Wildman–Crippen LogP) is 3.46. The van der Waals surface area contributed by atoms with Crippen LogP contribution in [0.5, 0.6) is 5.75 Å². The van der Waals surface area contributed by atoms with Gasteiger partial charge in [-0.15, -0.1) is 0 Å². The third kappa shape index (κ3) is 3.22. The van der Waals surface area contributed by atoms with E-state index in [1.54, 1.807) is 6.07 Å². The number of nitrogen functional groups attached to an aromatic ring is 1. The Labute approximate surface area is 124 Å². The van der Waals surface area contributed by atoms with E-state index < -0.39 is 17.5 Å². The third-order valence-corrected chi connectivity index (χ3v) is 2.98. The maximum Gasteiger partial charge on any atom is 0.259 e. The molecule has 0 aliphatic rings. The van der Waals surface area contributed by atoms with Crippen molar-refractivity contribution < 1.29 is 18.3 Å². The van der Waals surface area contributed by atoms with Gasteiger partial charge in [0, 0.05) is 11.1 Å². The Bertz CT molecular complexity index is 708. The average molecular weight is 313 g/mol. The number of carbonyl (C=O) groups excluding carboxylic acids is 1. The van der Waals surface area contributed by atoms with Crippen LogP contribution in [0.25, 0.3) is 0 Å². The number of hydrogen-bond acceptors (Lipinski definition) is 3. The Morgan fingerprint density at radius 3 is 2.62 bits per heavy atom. The van der Waals surface area contributed by atoms with E-state index in [0.29, 0.717) is 11.1 Å². The molecule has 2 aromatic rings. The van der Waals surface area contributed by atoms with Gasteiger partial charge in [-0.3, -0.25) is 4.79 Å². The fourth-order valence-electron chi connectivity index (χ4n) is 1.71. The molecule has 2 aromatic carbocycles. The fraction of sp³-hybridized carbons (Fsp3) is 0.0714. The SMILES string of the molecule is COc1ccc(Cl)cc1C(=O)Nc1cc(N)c(F)cc1F. The first-order valence-electron chi connectivity index (χ1n) is 5.81. The molecule has 110 valence electrons. The molecule has 1 amide bonds. The Morgan fingerprint density at radius 1 is 1.24 bits per heavy atom. The highest BCUT2D eigenvalue weighted by molar-refractivity contribution is 6.31. The van der Waals surface area contributed by atoms with Gasteiger partial charge in [-0.05, 0) is 24.3 Å². The van der Waals surface area contributed by atoms with Crippen molar-refractivity contribution in [2.75, 3.05) is 18.2 Å². The highest BCUT2D eigenvalue weighted by Crippen LogP contribution is 2.26. The maximum absolute atomic E-state index is 13.6. The van der Waals surface area contributed by atoms with Gasteiger partial charge in [0.2, 0.25) is 0 Å². The number of anilines is 2. The number of nitrogens with two attached hydrogens (primary N) is 1. The van der Waals surface area contributed by atoms with Crippen LogP contribution in [0.15, 0.2) is 30.3 Å². The number of ether oxygens (including phenoxy) is 1. The fourth-order valence-corrected chi connectivity index (χ4v) is 1.88. The summed E-state index contributed by atoms with van der Waals surface area (Å²) in [5.74, 6) is -2.21. The highest BCUT2D eigenvalue weighted by Gasteiger charge is 2.16. The summed E-state index contributed by atoms with van der Waals surface area (Å²) in [6, 6.07) is 6.03. The molecule has 3 N–H and O–H groups in total. The number of hydrogen-bond donors (Lipinski definition) is 2. The summed E-state index contributed by atoms with van der Waals surface area (Å²) in [6.07, 6.45) is 0. The number of carbonyl (C=O) groups is 1. The molecule has 0 atom stereocenters. The zero-order chi connectivity index (χ0) is 15.6. The highest BCUT2D eigenvalue weighted by atomic mass is 35.5. The van der Waals surface area contributed by atoms with Gasteiger partial charge in [-0.2, -0.15) is 0 Å². The maximum atomic E-state index is 13.6. The van der Waals surface area contributed by atoms with Crippen molar-refractivity contribution >= 4 is 28.9 Å². The lowest BCUT2D eigenvalue weighted by atomic mass is 10.1. The lowest BCUT2D eigenvalue weighted by Crippen LogP contribution is -2.14. The number of rotatable bonds is 3. The molecule has 0 aliphatic carbocycles. The van der Waals surface area contributed by atoms with Gasteiger partial charge in [0.05, 0.1) is 24.0 Å². The van der Waals surface area contributed by atoms with E-state index in [9.17, 15) is 13.6 Å². The van der Waals surface area contributed by atoms with Gasteiger partial charge in [0.15, 0.2) is 0 Å². The summed E-state index contributed by atoms with van der Waals surface area (Å²) < 4.78 is 31.7. The number of amides is 1. The zero-order valence-corrected chi connectivity index (χ0v) is 11.7. The van der Waals surface area contributed by atoms with Crippen molar-refractivity contribution in [1.82, 2.24) is 0 Å². The van der Waals surface area contributed by atoms with Crippen molar-refractivity contribution in [1.29, 1.82) is 0 Å². The molecule has 21 heavy (non-hydrogen) atoms. The molecule has 0 spiro atoms. The minimum absolute atomic E-state index is 0.118. The summed E-state index contributed by atoms with van der Waals surface area (Å²) in [4.78, 5) is 12.1. The molecule has 0 radical (unpaired) electrons. The van der Waals surface area contributed by atoms with Crippen molar-refractivity contribution in [3.05, 3.63) is 52.6 Å². The van der Waals surface area contributed by atoms with Gasteiger partial charge in [0.25, 0.3) is 5.91 Å². The molecule has 0 saturated carbocycles. The lowest BCUT2D eigenvalue weighted by Gasteiger charge is -2.11. The summed E-state index contributed by atoms with van der Waals surface area (Å²) >= 11 is 5.82. The van der Waals surface area contributed by atoms with E-state index in [2.05, 4.69) is 5.32 Å². The van der Waals surface area contributed by atoms with Crippen LogP contribution < -0.4 is 15.8 Å². The zero-order valence-electron chi connectivity index (χ0n) is 10.9. The molecular weight excluding hydrogens is 302 g/mol. The van der Waals surface area contributed by atoms with Gasteiger partial charge < -0.3 is 15.8 Å². The van der Waals surface area contributed by atoms with Gasteiger partial charge in [-0.1, -0.05) is 11.6 Å². The van der Waals surface area contributed by atoms with Crippen LogP contribution in [0.4, 0.5) is 20.2 Å². The Hall–Kier alpha value is -2.34. The summed E-state index contributed by atoms with van der Waals surface area (Å²) in [6.45, 7) is 0. The van der Waals surface area contributed by atoms with Crippen molar-refractivity contribution in [2.45, 2.75) is 0 Å². The van der Waals surface area contributed by atoms with Crippen molar-refractivity contribution in [2.24, 2.45) is 0 Å². The minimum atomic E-state index is -0.934. The third-order valence-electron chi connectivity index (χ3n) is 2.74. The van der Waals surface area contributed by atoms with Crippen LogP contribution in [-0.4, -0.2) is 13.0 Å². The first-order chi connectivity index (χ1) is 9.92. The van der Waals surface area contributed by atoms with Crippen LogP contribution in [0, 0.1) is 11.6 Å². The summed E-state index contributed by atoms with van der Waals surface area (Å²) in [5.41, 5.74) is 4.95. The molecule has 0 heterocycles. The number of nitrogens with one attached hydrogen (secondary N) is 1. The van der Waals surface area contributed by atoms with Crippen molar-refractivity contribution in [3.63, 3.8) is 0 Å². The monoisotopic (exact) mass is 312 g/mol. The number of benzene rings is 2. The standard InChI is InChI=1S/C14H11ClF2N2O2/c1-21-13-3-2-7(15)4-8(13)14(20)19-12-6-11(18)9(16)5-10(12)17/h2-6H,18H2,1H3,(H,19,20). The largest absolute Gasteiger partial charge is 0.496 e. The quantitative estimate of drug-likeness (QED) is 0.853.